The Morgan fingerprint density at radius 1 is 1.31 bits per heavy atom. The van der Waals surface area contributed by atoms with E-state index >= 15 is 0 Å². The number of methoxy groups -OCH3 is 1. The molecule has 0 unspecified atom stereocenters. The highest BCUT2D eigenvalue weighted by atomic mass is 16.5. The van der Waals surface area contributed by atoms with Crippen LogP contribution in [0, 0.1) is 0 Å². The number of benzene rings is 2. The van der Waals surface area contributed by atoms with Gasteiger partial charge in [0, 0.05) is 35.3 Å². The standard InChI is InChI=1S/C23H25N3O3/c1-29-18-5-7-20-17(14-25-22(20)13-18)10-11-24-21-8-4-16-12-15(2-6-19(16)21)3-9-23(27)26-28/h2-3,5-7,9,12-14,21,24-25,28H,4,8,10-11H2,1H3,(H,26,27)/t21-/m0/s1. The number of aromatic nitrogens is 1. The fourth-order valence-electron chi connectivity index (χ4n) is 4.04. The Labute approximate surface area is 169 Å². The minimum absolute atomic E-state index is 0.356. The summed E-state index contributed by atoms with van der Waals surface area (Å²) in [5.74, 6) is 0.332. The molecular weight excluding hydrogens is 366 g/mol. The zero-order valence-electron chi connectivity index (χ0n) is 16.4. The maximum atomic E-state index is 11.1. The summed E-state index contributed by atoms with van der Waals surface area (Å²) in [5, 5.41) is 13.5. The fourth-order valence-corrected chi connectivity index (χ4v) is 4.04. The number of H-pyrrole nitrogens is 1. The van der Waals surface area contributed by atoms with Crippen LogP contribution in [0.4, 0.5) is 0 Å². The van der Waals surface area contributed by atoms with Crippen LogP contribution in [-0.4, -0.2) is 29.8 Å². The first-order chi connectivity index (χ1) is 14.2. The van der Waals surface area contributed by atoms with E-state index in [1.165, 1.54) is 28.2 Å². The van der Waals surface area contributed by atoms with Crippen molar-refractivity contribution in [3.8, 4) is 5.75 Å². The van der Waals surface area contributed by atoms with Gasteiger partial charge in [0.1, 0.15) is 5.75 Å². The van der Waals surface area contributed by atoms with Gasteiger partial charge in [-0.3, -0.25) is 10.0 Å². The second kappa shape index (κ2) is 8.51. The van der Waals surface area contributed by atoms with Gasteiger partial charge in [0.25, 0.3) is 5.91 Å². The lowest BCUT2D eigenvalue weighted by atomic mass is 10.0. The van der Waals surface area contributed by atoms with Crippen molar-refractivity contribution in [3.05, 3.63) is 70.9 Å². The highest BCUT2D eigenvalue weighted by Crippen LogP contribution is 2.32. The van der Waals surface area contributed by atoms with Crippen LogP contribution in [-0.2, 0) is 17.6 Å². The number of aromatic amines is 1. The van der Waals surface area contributed by atoms with Crippen molar-refractivity contribution < 1.29 is 14.7 Å². The monoisotopic (exact) mass is 391 g/mol. The molecule has 4 N–H and O–H groups in total. The van der Waals surface area contributed by atoms with Crippen LogP contribution in [0.2, 0.25) is 0 Å². The number of carbonyl (C=O) groups is 1. The second-order valence-electron chi connectivity index (χ2n) is 7.29. The first-order valence-electron chi connectivity index (χ1n) is 9.80. The van der Waals surface area contributed by atoms with E-state index in [4.69, 9.17) is 9.94 Å². The smallest absolute Gasteiger partial charge is 0.267 e. The molecule has 1 aromatic heterocycles. The number of amides is 1. The molecule has 2 aromatic carbocycles. The molecule has 3 aromatic rings. The number of carbonyl (C=O) groups excluding carboxylic acids is 1. The highest BCUT2D eigenvalue weighted by Gasteiger charge is 2.21. The van der Waals surface area contributed by atoms with Crippen molar-refractivity contribution in [2.75, 3.05) is 13.7 Å². The van der Waals surface area contributed by atoms with Crippen LogP contribution in [0.25, 0.3) is 17.0 Å². The van der Waals surface area contributed by atoms with Crippen molar-refractivity contribution in [1.29, 1.82) is 0 Å². The zero-order valence-corrected chi connectivity index (χ0v) is 16.4. The number of aryl methyl sites for hydroxylation is 1. The van der Waals surface area contributed by atoms with Crippen LogP contribution >= 0.6 is 0 Å². The lowest BCUT2D eigenvalue weighted by Crippen LogP contribution is -2.21. The molecule has 0 bridgehead atoms. The number of fused-ring (bicyclic) bond motifs is 2. The molecule has 150 valence electrons. The molecule has 0 saturated heterocycles. The Morgan fingerprint density at radius 3 is 3.03 bits per heavy atom. The quantitative estimate of drug-likeness (QED) is 0.282. The summed E-state index contributed by atoms with van der Waals surface area (Å²) in [7, 11) is 1.68. The van der Waals surface area contributed by atoms with Crippen molar-refractivity contribution in [2.24, 2.45) is 0 Å². The van der Waals surface area contributed by atoms with Gasteiger partial charge in [0.05, 0.1) is 7.11 Å². The van der Waals surface area contributed by atoms with Gasteiger partial charge in [-0.1, -0.05) is 18.2 Å². The average molecular weight is 391 g/mol. The second-order valence-corrected chi connectivity index (χ2v) is 7.29. The molecule has 4 rings (SSSR count). The van der Waals surface area contributed by atoms with E-state index in [-0.39, 0.29) is 0 Å². The average Bonchev–Trinajstić information content (AvgIpc) is 3.35. The SMILES string of the molecule is COc1ccc2c(CCN[C@H]3CCc4cc(C=CC(=O)NO)ccc43)c[nH]c2c1. The summed E-state index contributed by atoms with van der Waals surface area (Å²) in [6.45, 7) is 0.904. The van der Waals surface area contributed by atoms with Gasteiger partial charge >= 0.3 is 0 Å². The van der Waals surface area contributed by atoms with Crippen LogP contribution in [0.5, 0.6) is 5.75 Å². The maximum absolute atomic E-state index is 11.1. The molecule has 6 nitrogen and oxygen atoms in total. The van der Waals surface area contributed by atoms with Crippen LogP contribution in [0.3, 0.4) is 0 Å². The first kappa shape index (κ1) is 19.2. The summed E-state index contributed by atoms with van der Waals surface area (Å²) in [6, 6.07) is 12.7. The molecule has 0 spiro atoms. The summed E-state index contributed by atoms with van der Waals surface area (Å²) < 4.78 is 5.29. The molecule has 1 aliphatic rings. The van der Waals surface area contributed by atoms with E-state index in [1.807, 2.05) is 18.2 Å². The molecular formula is C23H25N3O3. The van der Waals surface area contributed by atoms with Crippen LogP contribution in [0.1, 0.15) is 34.7 Å². The normalized spacial score (nSPS) is 15.7. The largest absolute Gasteiger partial charge is 0.497 e. The third-order valence-electron chi connectivity index (χ3n) is 5.54. The Kier molecular flexibility index (Phi) is 5.64. The van der Waals surface area contributed by atoms with Gasteiger partial charge in [-0.2, -0.15) is 0 Å². The molecule has 29 heavy (non-hydrogen) atoms. The zero-order chi connectivity index (χ0) is 20.2. The van der Waals surface area contributed by atoms with E-state index in [0.717, 1.165) is 42.6 Å². The Hall–Kier alpha value is -3.09. The van der Waals surface area contributed by atoms with E-state index in [1.54, 1.807) is 18.7 Å². The van der Waals surface area contributed by atoms with E-state index in [0.29, 0.717) is 6.04 Å². The molecule has 6 heteroatoms. The maximum Gasteiger partial charge on any atom is 0.267 e. The number of nitrogens with one attached hydrogen (secondary N) is 3. The topological polar surface area (TPSA) is 86.4 Å². The van der Waals surface area contributed by atoms with Crippen molar-refractivity contribution >= 4 is 22.9 Å². The molecule has 0 fully saturated rings. The Balaban J connectivity index is 1.37. The minimum atomic E-state index is -0.527. The molecule has 1 amide bonds. The van der Waals surface area contributed by atoms with Gasteiger partial charge in [0.15, 0.2) is 0 Å². The molecule has 1 aliphatic carbocycles. The van der Waals surface area contributed by atoms with Gasteiger partial charge in [0.2, 0.25) is 0 Å². The summed E-state index contributed by atoms with van der Waals surface area (Å²) in [6.07, 6.45) is 8.16. The summed E-state index contributed by atoms with van der Waals surface area (Å²) in [4.78, 5) is 14.5. The lowest BCUT2D eigenvalue weighted by molar-refractivity contribution is -0.124. The van der Waals surface area contributed by atoms with Crippen molar-refractivity contribution in [1.82, 2.24) is 15.8 Å². The summed E-state index contributed by atoms with van der Waals surface area (Å²) in [5.41, 5.74) is 7.61. The van der Waals surface area contributed by atoms with E-state index in [2.05, 4.69) is 34.7 Å². The van der Waals surface area contributed by atoms with Gasteiger partial charge < -0.3 is 15.0 Å². The fraction of sp³-hybridized carbons (Fsp3) is 0.261. The summed E-state index contributed by atoms with van der Waals surface area (Å²) >= 11 is 0. The Bertz CT molecular complexity index is 1050. The Morgan fingerprint density at radius 2 is 2.21 bits per heavy atom. The van der Waals surface area contributed by atoms with Gasteiger partial charge in [-0.25, -0.2) is 5.48 Å². The molecule has 0 saturated carbocycles. The molecule has 0 aliphatic heterocycles. The lowest BCUT2D eigenvalue weighted by Gasteiger charge is -2.14. The minimum Gasteiger partial charge on any atom is -0.497 e. The van der Waals surface area contributed by atoms with E-state index < -0.39 is 5.91 Å². The third-order valence-corrected chi connectivity index (χ3v) is 5.54. The molecule has 1 atom stereocenters. The highest BCUT2D eigenvalue weighted by molar-refractivity contribution is 5.90. The van der Waals surface area contributed by atoms with Crippen molar-refractivity contribution in [2.45, 2.75) is 25.3 Å². The van der Waals surface area contributed by atoms with Crippen molar-refractivity contribution in [3.63, 3.8) is 0 Å². The number of ether oxygens (including phenoxy) is 1. The van der Waals surface area contributed by atoms with Gasteiger partial charge in [-0.15, -0.1) is 0 Å². The third kappa shape index (κ3) is 4.18. The molecule has 1 heterocycles. The number of hydroxylamine groups is 1. The predicted octanol–water partition coefficient (Wildman–Crippen LogP) is 3.51. The van der Waals surface area contributed by atoms with E-state index in [9.17, 15) is 4.79 Å². The molecule has 0 radical (unpaired) electrons. The number of hydrogen-bond donors (Lipinski definition) is 4. The van der Waals surface area contributed by atoms with Gasteiger partial charge in [-0.05, 0) is 66.3 Å². The predicted molar refractivity (Wildman–Crippen MR) is 113 cm³/mol. The first-order valence-corrected chi connectivity index (χ1v) is 9.80. The number of hydrogen-bond acceptors (Lipinski definition) is 4. The number of rotatable bonds is 7. The van der Waals surface area contributed by atoms with Crippen LogP contribution < -0.4 is 15.5 Å². The van der Waals surface area contributed by atoms with Crippen LogP contribution in [0.15, 0.2) is 48.7 Å².